The average Bonchev–Trinajstić information content (AvgIpc) is 3.60. The van der Waals surface area contributed by atoms with E-state index in [1.54, 1.807) is 9.36 Å². The summed E-state index contributed by atoms with van der Waals surface area (Å²) in [6.07, 6.45) is 0.792. The van der Waals surface area contributed by atoms with Gasteiger partial charge in [0, 0.05) is 17.8 Å². The number of hydrogen-bond acceptors (Lipinski definition) is 7. The molecule has 0 radical (unpaired) electrons. The third kappa shape index (κ3) is 4.33. The number of tetrazole rings is 1. The molecule has 3 aromatic heterocycles. The first kappa shape index (κ1) is 22.6. The summed E-state index contributed by atoms with van der Waals surface area (Å²) < 4.78 is 3.61. The minimum absolute atomic E-state index is 0.0505. The van der Waals surface area contributed by atoms with E-state index in [2.05, 4.69) is 43.1 Å². The topological polar surface area (TPSA) is 108 Å². The van der Waals surface area contributed by atoms with Crippen molar-refractivity contribution < 1.29 is 0 Å². The Labute approximate surface area is 212 Å². The van der Waals surface area contributed by atoms with E-state index in [1.165, 1.54) is 5.56 Å². The molecule has 6 aromatic rings. The fourth-order valence-corrected chi connectivity index (χ4v) is 4.45. The van der Waals surface area contributed by atoms with Crippen LogP contribution in [0.3, 0.4) is 0 Å². The van der Waals surface area contributed by atoms with Crippen LogP contribution in [0.5, 0.6) is 0 Å². The lowest BCUT2D eigenvalue weighted by Crippen LogP contribution is -2.22. The van der Waals surface area contributed by atoms with E-state index in [1.807, 2.05) is 78.1 Å². The summed E-state index contributed by atoms with van der Waals surface area (Å²) in [6.45, 7) is 3.57. The number of hydrogen-bond donors (Lipinski definition) is 1. The van der Waals surface area contributed by atoms with E-state index in [9.17, 15) is 4.79 Å². The number of para-hydroxylation sites is 1. The Morgan fingerprint density at radius 2 is 1.65 bits per heavy atom. The second-order valence-electron chi connectivity index (χ2n) is 8.69. The van der Waals surface area contributed by atoms with Crippen LogP contribution in [0.4, 0.5) is 5.69 Å². The summed E-state index contributed by atoms with van der Waals surface area (Å²) in [5, 5.41) is 25.6. The van der Waals surface area contributed by atoms with Crippen molar-refractivity contribution in [1.29, 1.82) is 0 Å². The zero-order valence-electron chi connectivity index (χ0n) is 20.3. The molecule has 10 heteroatoms. The lowest BCUT2D eigenvalue weighted by molar-refractivity contribution is 0.523. The lowest BCUT2D eigenvalue weighted by Gasteiger charge is -2.10. The van der Waals surface area contributed by atoms with Crippen molar-refractivity contribution in [1.82, 2.24) is 39.4 Å². The maximum atomic E-state index is 12.9. The molecule has 0 spiro atoms. The van der Waals surface area contributed by atoms with Gasteiger partial charge in [0.2, 0.25) is 11.6 Å². The molecular weight excluding hydrogens is 466 g/mol. The van der Waals surface area contributed by atoms with Gasteiger partial charge in [-0.05, 0) is 48.4 Å². The lowest BCUT2D eigenvalue weighted by atomic mass is 10.1. The highest BCUT2D eigenvalue weighted by atomic mass is 16.1. The molecule has 0 bridgehead atoms. The normalized spacial score (nSPS) is 11.4. The van der Waals surface area contributed by atoms with E-state index >= 15 is 0 Å². The van der Waals surface area contributed by atoms with Crippen LogP contribution in [0.25, 0.3) is 28.1 Å². The predicted molar refractivity (Wildman–Crippen MR) is 141 cm³/mol. The van der Waals surface area contributed by atoms with E-state index < -0.39 is 0 Å². The SMILES string of the molecule is CCn1c(=O)c2ccccc2n2c(CNc3ccc(CCn4nnc(-c5ccccc5)n4)cc3)nnc12. The smallest absolute Gasteiger partial charge is 0.262 e. The van der Waals surface area contributed by atoms with E-state index in [4.69, 9.17) is 0 Å². The second-order valence-corrected chi connectivity index (χ2v) is 8.69. The molecule has 0 saturated heterocycles. The van der Waals surface area contributed by atoms with Crippen LogP contribution < -0.4 is 10.9 Å². The van der Waals surface area contributed by atoms with Crippen LogP contribution in [0.15, 0.2) is 83.7 Å². The van der Waals surface area contributed by atoms with Gasteiger partial charge in [0.25, 0.3) is 5.56 Å². The molecule has 0 unspecified atom stereocenters. The third-order valence-corrected chi connectivity index (χ3v) is 6.38. The number of aryl methyl sites for hydroxylation is 3. The van der Waals surface area contributed by atoms with Crippen molar-refractivity contribution in [2.45, 2.75) is 33.0 Å². The molecule has 0 aliphatic carbocycles. The largest absolute Gasteiger partial charge is 0.378 e. The van der Waals surface area contributed by atoms with E-state index in [-0.39, 0.29) is 5.56 Å². The molecule has 0 atom stereocenters. The van der Waals surface area contributed by atoms with Crippen molar-refractivity contribution in [3.8, 4) is 11.4 Å². The summed E-state index contributed by atoms with van der Waals surface area (Å²) in [5.41, 5.74) is 3.86. The molecule has 10 nitrogen and oxygen atoms in total. The van der Waals surface area contributed by atoms with Crippen molar-refractivity contribution >= 4 is 22.4 Å². The van der Waals surface area contributed by atoms with Gasteiger partial charge in [0.05, 0.1) is 24.0 Å². The first-order valence-corrected chi connectivity index (χ1v) is 12.2. The molecule has 6 rings (SSSR count). The first-order valence-electron chi connectivity index (χ1n) is 12.2. The van der Waals surface area contributed by atoms with Gasteiger partial charge in [-0.3, -0.25) is 13.8 Å². The van der Waals surface area contributed by atoms with Gasteiger partial charge < -0.3 is 5.32 Å². The Balaban J connectivity index is 1.14. The summed E-state index contributed by atoms with van der Waals surface area (Å²) in [7, 11) is 0. The van der Waals surface area contributed by atoms with Crippen LogP contribution in [0, 0.1) is 0 Å². The molecule has 3 heterocycles. The molecule has 0 aliphatic heterocycles. The molecule has 1 N–H and O–H groups in total. The van der Waals surface area contributed by atoms with Crippen LogP contribution in [0.1, 0.15) is 18.3 Å². The van der Waals surface area contributed by atoms with E-state index in [0.29, 0.717) is 36.6 Å². The monoisotopic (exact) mass is 491 g/mol. The van der Waals surface area contributed by atoms with Gasteiger partial charge in [0.15, 0.2) is 5.82 Å². The van der Waals surface area contributed by atoms with E-state index in [0.717, 1.165) is 29.0 Å². The van der Waals surface area contributed by atoms with Gasteiger partial charge >= 0.3 is 0 Å². The minimum atomic E-state index is -0.0505. The maximum Gasteiger partial charge on any atom is 0.262 e. The Morgan fingerprint density at radius 3 is 2.46 bits per heavy atom. The van der Waals surface area contributed by atoms with Crippen molar-refractivity contribution in [3.05, 3.63) is 101 Å². The zero-order chi connectivity index (χ0) is 25.2. The number of rotatable bonds is 8. The highest BCUT2D eigenvalue weighted by Crippen LogP contribution is 2.17. The number of benzene rings is 3. The highest BCUT2D eigenvalue weighted by Gasteiger charge is 2.15. The Morgan fingerprint density at radius 1 is 0.865 bits per heavy atom. The number of nitrogens with zero attached hydrogens (tertiary/aromatic N) is 8. The summed E-state index contributed by atoms with van der Waals surface area (Å²) >= 11 is 0. The number of aromatic nitrogens is 8. The molecule has 3 aromatic carbocycles. The standard InChI is InChI=1S/C27H25N9O/c1-2-34-26(37)22-10-6-7-11-23(22)36-24(29-31-27(34)36)18-28-21-14-12-19(13-15-21)16-17-35-32-25(30-33-35)20-8-4-3-5-9-20/h3-15,28H,2,16-18H2,1H3. The number of fused-ring (bicyclic) bond motifs is 3. The fraction of sp³-hybridized carbons (Fsp3) is 0.185. The first-order chi connectivity index (χ1) is 18.2. The van der Waals surface area contributed by atoms with Crippen molar-refractivity contribution in [2.24, 2.45) is 0 Å². The third-order valence-electron chi connectivity index (χ3n) is 6.38. The van der Waals surface area contributed by atoms with Crippen LogP contribution in [-0.4, -0.2) is 39.4 Å². The van der Waals surface area contributed by atoms with Gasteiger partial charge in [-0.2, -0.15) is 4.80 Å². The average molecular weight is 492 g/mol. The van der Waals surface area contributed by atoms with Crippen LogP contribution in [0.2, 0.25) is 0 Å². The van der Waals surface area contributed by atoms with Crippen molar-refractivity contribution in [3.63, 3.8) is 0 Å². The summed E-state index contributed by atoms with van der Waals surface area (Å²) in [4.78, 5) is 14.5. The molecule has 0 amide bonds. The molecule has 37 heavy (non-hydrogen) atoms. The maximum absolute atomic E-state index is 12.9. The van der Waals surface area contributed by atoms with Crippen LogP contribution in [-0.2, 0) is 26.1 Å². The number of nitrogens with one attached hydrogen (secondary N) is 1. The molecular formula is C27H25N9O. The highest BCUT2D eigenvalue weighted by molar-refractivity contribution is 5.80. The van der Waals surface area contributed by atoms with Crippen molar-refractivity contribution in [2.75, 3.05) is 5.32 Å². The fourth-order valence-electron chi connectivity index (χ4n) is 4.45. The minimum Gasteiger partial charge on any atom is -0.378 e. The Bertz CT molecular complexity index is 1730. The Kier molecular flexibility index (Phi) is 5.89. The zero-order valence-corrected chi connectivity index (χ0v) is 20.3. The van der Waals surface area contributed by atoms with Gasteiger partial charge in [-0.15, -0.1) is 20.4 Å². The van der Waals surface area contributed by atoms with Gasteiger partial charge in [-0.1, -0.05) is 54.6 Å². The molecule has 0 saturated carbocycles. The molecule has 0 fully saturated rings. The quantitative estimate of drug-likeness (QED) is 0.347. The summed E-state index contributed by atoms with van der Waals surface area (Å²) in [6, 6.07) is 25.7. The molecule has 0 aliphatic rings. The molecule has 184 valence electrons. The second kappa shape index (κ2) is 9.65. The summed E-state index contributed by atoms with van der Waals surface area (Å²) in [5.74, 6) is 1.92. The van der Waals surface area contributed by atoms with Crippen LogP contribution >= 0.6 is 0 Å². The Hall–Kier alpha value is -4.86. The van der Waals surface area contributed by atoms with Gasteiger partial charge in [-0.25, -0.2) is 0 Å². The van der Waals surface area contributed by atoms with Gasteiger partial charge in [0.1, 0.15) is 0 Å². The predicted octanol–water partition coefficient (Wildman–Crippen LogP) is 3.57. The number of anilines is 1.